The van der Waals surface area contributed by atoms with Crippen molar-refractivity contribution in [2.75, 3.05) is 0 Å². The number of halogens is 3. The van der Waals surface area contributed by atoms with Gasteiger partial charge < -0.3 is 5.32 Å². The van der Waals surface area contributed by atoms with Gasteiger partial charge in [0.15, 0.2) is 5.65 Å². The second-order valence-corrected chi connectivity index (χ2v) is 8.06. The monoisotopic (exact) mass is 456 g/mol. The second-order valence-electron chi connectivity index (χ2n) is 7.24. The molecule has 2 aromatic heterocycles. The highest BCUT2D eigenvalue weighted by Gasteiger charge is 2.19. The largest absolute Gasteiger partial charge is 0.348 e. The molecule has 1 N–H and O–H groups in total. The molecule has 4 rings (SSSR count). The van der Waals surface area contributed by atoms with Crippen LogP contribution in [0.3, 0.4) is 0 Å². The predicted molar refractivity (Wildman–Crippen MR) is 119 cm³/mol. The van der Waals surface area contributed by atoms with Crippen LogP contribution in [-0.4, -0.2) is 20.5 Å². The van der Waals surface area contributed by atoms with Crippen LogP contribution in [0.25, 0.3) is 5.65 Å². The van der Waals surface area contributed by atoms with Gasteiger partial charge >= 0.3 is 0 Å². The molecule has 0 bridgehead atoms. The molecule has 0 fully saturated rings. The highest BCUT2D eigenvalue weighted by Crippen LogP contribution is 2.25. The lowest BCUT2D eigenvalue weighted by Crippen LogP contribution is -2.23. The number of carbonyl (C=O) groups excluding carboxylic acids is 1. The number of nitrogens with zero attached hydrogens (tertiary/aromatic N) is 3. The highest BCUT2D eigenvalue weighted by molar-refractivity contribution is 6.31. The van der Waals surface area contributed by atoms with E-state index in [-0.39, 0.29) is 11.7 Å². The molecule has 0 unspecified atom stereocenters. The molecule has 0 saturated heterocycles. The first-order valence-corrected chi connectivity index (χ1v) is 10.4. The maximum atomic E-state index is 13.4. The minimum atomic E-state index is -0.379. The zero-order valence-electron chi connectivity index (χ0n) is 16.9. The van der Waals surface area contributed by atoms with Gasteiger partial charge in [0, 0.05) is 34.4 Å². The quantitative estimate of drug-likeness (QED) is 0.442. The molecule has 0 saturated carbocycles. The van der Waals surface area contributed by atoms with Gasteiger partial charge in [-0.3, -0.25) is 4.79 Å². The van der Waals surface area contributed by atoms with Crippen LogP contribution < -0.4 is 5.32 Å². The van der Waals surface area contributed by atoms with Gasteiger partial charge in [0.2, 0.25) is 0 Å². The molecule has 2 aromatic carbocycles. The van der Waals surface area contributed by atoms with Crippen molar-refractivity contribution >= 4 is 34.8 Å². The number of hydrogen-bond acceptors (Lipinski definition) is 3. The molecular formula is C23H19Cl2FN4O. The summed E-state index contributed by atoms with van der Waals surface area (Å²) in [5.41, 5.74) is 4.99. The number of rotatable bonds is 5. The van der Waals surface area contributed by atoms with Crippen molar-refractivity contribution in [1.29, 1.82) is 0 Å². The third-order valence-corrected chi connectivity index (χ3v) is 5.95. The van der Waals surface area contributed by atoms with E-state index in [1.165, 1.54) is 18.3 Å². The molecule has 8 heteroatoms. The Balaban J connectivity index is 1.63. The number of aryl methyl sites for hydroxylation is 2. The molecule has 1 amide bonds. The number of amides is 1. The lowest BCUT2D eigenvalue weighted by molar-refractivity contribution is 0.0952. The third-order valence-electron chi connectivity index (χ3n) is 5.23. The summed E-state index contributed by atoms with van der Waals surface area (Å²) >= 11 is 12.4. The van der Waals surface area contributed by atoms with E-state index in [1.807, 2.05) is 32.0 Å². The Bertz CT molecular complexity index is 1300. The average molecular weight is 457 g/mol. The van der Waals surface area contributed by atoms with E-state index in [0.717, 1.165) is 28.1 Å². The lowest BCUT2D eigenvalue weighted by atomic mass is 10.0. The Morgan fingerprint density at radius 3 is 2.61 bits per heavy atom. The van der Waals surface area contributed by atoms with Crippen LogP contribution in [-0.2, 0) is 13.0 Å². The van der Waals surface area contributed by atoms with Crippen molar-refractivity contribution in [2.24, 2.45) is 0 Å². The van der Waals surface area contributed by atoms with Crippen LogP contribution in [0.5, 0.6) is 0 Å². The summed E-state index contributed by atoms with van der Waals surface area (Å²) in [5, 5.41) is 8.19. The van der Waals surface area contributed by atoms with Crippen molar-refractivity contribution in [1.82, 2.24) is 19.9 Å². The maximum Gasteiger partial charge on any atom is 0.257 e. The van der Waals surface area contributed by atoms with Gasteiger partial charge in [-0.2, -0.15) is 5.10 Å². The predicted octanol–water partition coefficient (Wildman–Crippen LogP) is 5.31. The SMILES string of the molecule is Cc1nc2c(C(=O)NCc3ccccc3Cl)cnn2c(C)c1Cc1ccc(F)cc1Cl. The number of carbonyl (C=O) groups is 1. The Kier molecular flexibility index (Phi) is 5.94. The van der Waals surface area contributed by atoms with E-state index in [2.05, 4.69) is 15.4 Å². The Morgan fingerprint density at radius 2 is 1.87 bits per heavy atom. The average Bonchev–Trinajstić information content (AvgIpc) is 3.15. The molecule has 0 aliphatic heterocycles. The minimum Gasteiger partial charge on any atom is -0.348 e. The van der Waals surface area contributed by atoms with Gasteiger partial charge in [-0.05, 0) is 48.7 Å². The second kappa shape index (κ2) is 8.65. The number of nitrogens with one attached hydrogen (secondary N) is 1. The first-order chi connectivity index (χ1) is 14.8. The van der Waals surface area contributed by atoms with Crippen LogP contribution >= 0.6 is 23.2 Å². The number of benzene rings is 2. The molecule has 5 nitrogen and oxygen atoms in total. The van der Waals surface area contributed by atoms with E-state index in [0.29, 0.717) is 34.2 Å². The third kappa shape index (κ3) is 4.27. The molecule has 31 heavy (non-hydrogen) atoms. The van der Waals surface area contributed by atoms with E-state index in [9.17, 15) is 9.18 Å². The van der Waals surface area contributed by atoms with Gasteiger partial charge in [0.1, 0.15) is 11.4 Å². The molecule has 0 aliphatic carbocycles. The fourth-order valence-corrected chi connectivity index (χ4v) is 3.93. The Hall–Kier alpha value is -2.96. The van der Waals surface area contributed by atoms with E-state index in [4.69, 9.17) is 23.2 Å². The summed E-state index contributed by atoms with van der Waals surface area (Å²) in [6, 6.07) is 11.7. The molecule has 4 aromatic rings. The molecule has 0 radical (unpaired) electrons. The van der Waals surface area contributed by atoms with Crippen molar-refractivity contribution in [3.8, 4) is 0 Å². The fraction of sp³-hybridized carbons (Fsp3) is 0.174. The molecule has 0 atom stereocenters. The van der Waals surface area contributed by atoms with Crippen LogP contribution in [0, 0.1) is 19.7 Å². The molecule has 0 spiro atoms. The van der Waals surface area contributed by atoms with Crippen LogP contribution in [0.2, 0.25) is 10.0 Å². The normalized spacial score (nSPS) is 11.1. The summed E-state index contributed by atoms with van der Waals surface area (Å²) in [5.74, 6) is -0.661. The summed E-state index contributed by atoms with van der Waals surface area (Å²) in [7, 11) is 0. The highest BCUT2D eigenvalue weighted by atomic mass is 35.5. The zero-order valence-corrected chi connectivity index (χ0v) is 18.4. The minimum absolute atomic E-state index is 0.282. The van der Waals surface area contributed by atoms with E-state index < -0.39 is 0 Å². The molecule has 0 aliphatic rings. The van der Waals surface area contributed by atoms with Crippen LogP contribution in [0.15, 0.2) is 48.7 Å². The first kappa shape index (κ1) is 21.3. The van der Waals surface area contributed by atoms with Crippen molar-refractivity contribution in [2.45, 2.75) is 26.8 Å². The summed E-state index contributed by atoms with van der Waals surface area (Å²) in [4.78, 5) is 17.4. The van der Waals surface area contributed by atoms with Gasteiger partial charge in [0.05, 0.1) is 6.20 Å². The van der Waals surface area contributed by atoms with Gasteiger partial charge in [0.25, 0.3) is 5.91 Å². The zero-order chi connectivity index (χ0) is 22.1. The molecule has 158 valence electrons. The van der Waals surface area contributed by atoms with Crippen LogP contribution in [0.4, 0.5) is 4.39 Å². The van der Waals surface area contributed by atoms with Crippen LogP contribution in [0.1, 0.15) is 38.4 Å². The van der Waals surface area contributed by atoms with Crippen molar-refractivity contribution in [3.05, 3.63) is 98.2 Å². The fourth-order valence-electron chi connectivity index (χ4n) is 3.49. The smallest absolute Gasteiger partial charge is 0.257 e. The molecule has 2 heterocycles. The number of fused-ring (bicyclic) bond motifs is 1. The first-order valence-electron chi connectivity index (χ1n) is 9.64. The summed E-state index contributed by atoms with van der Waals surface area (Å²) < 4.78 is 15.0. The Morgan fingerprint density at radius 1 is 1.10 bits per heavy atom. The summed E-state index contributed by atoms with van der Waals surface area (Å²) in [6.45, 7) is 4.08. The number of aromatic nitrogens is 3. The standard InChI is InChI=1S/C23H19Cl2FN4O/c1-13-18(9-15-7-8-17(26)10-21(15)25)14(2)30-22(29-13)19(12-28-30)23(31)27-11-16-5-3-4-6-20(16)24/h3-8,10,12H,9,11H2,1-2H3,(H,27,31). The van der Waals surface area contributed by atoms with Crippen molar-refractivity contribution < 1.29 is 9.18 Å². The topological polar surface area (TPSA) is 59.3 Å². The number of hydrogen-bond donors (Lipinski definition) is 1. The Labute approximate surface area is 188 Å². The van der Waals surface area contributed by atoms with Gasteiger partial charge in [-0.25, -0.2) is 13.9 Å². The molecular weight excluding hydrogens is 438 g/mol. The maximum absolute atomic E-state index is 13.4. The van der Waals surface area contributed by atoms with E-state index >= 15 is 0 Å². The van der Waals surface area contributed by atoms with Gasteiger partial charge in [-0.1, -0.05) is 47.5 Å². The van der Waals surface area contributed by atoms with Crippen molar-refractivity contribution in [3.63, 3.8) is 0 Å². The van der Waals surface area contributed by atoms with E-state index in [1.54, 1.807) is 16.6 Å². The van der Waals surface area contributed by atoms with Gasteiger partial charge in [-0.15, -0.1) is 0 Å². The summed E-state index contributed by atoms with van der Waals surface area (Å²) in [6.07, 6.45) is 1.99. The lowest BCUT2D eigenvalue weighted by Gasteiger charge is -2.13.